The minimum atomic E-state index is -0.523. The summed E-state index contributed by atoms with van der Waals surface area (Å²) in [7, 11) is 1.71. The second kappa shape index (κ2) is 9.69. The van der Waals surface area contributed by atoms with E-state index >= 15 is 0 Å². The lowest BCUT2D eigenvalue weighted by Gasteiger charge is -2.39. The second-order valence-corrected chi connectivity index (χ2v) is 9.67. The van der Waals surface area contributed by atoms with Crippen LogP contribution in [0.4, 0.5) is 0 Å². The van der Waals surface area contributed by atoms with Crippen molar-refractivity contribution < 1.29 is 14.6 Å². The lowest BCUT2D eigenvalue weighted by atomic mass is 9.85. The number of likely N-dealkylation sites (tertiary alicyclic amines) is 1. The van der Waals surface area contributed by atoms with Crippen molar-refractivity contribution in [3.05, 3.63) is 71.9 Å². The van der Waals surface area contributed by atoms with Crippen LogP contribution in [0.2, 0.25) is 0 Å². The molecule has 0 bridgehead atoms. The molecular formula is C29H34N2O3. The number of nitrogens with zero attached hydrogens (tertiary/aromatic N) is 1. The highest BCUT2D eigenvalue weighted by Crippen LogP contribution is 2.34. The molecule has 5 nitrogen and oxygen atoms in total. The number of piperidine rings is 1. The Morgan fingerprint density at radius 1 is 1.09 bits per heavy atom. The summed E-state index contributed by atoms with van der Waals surface area (Å²) < 4.78 is 11.4. The molecule has 0 amide bonds. The van der Waals surface area contributed by atoms with Gasteiger partial charge in [-0.3, -0.25) is 4.90 Å². The van der Waals surface area contributed by atoms with Crippen LogP contribution < -0.4 is 9.47 Å². The van der Waals surface area contributed by atoms with Crippen molar-refractivity contribution in [2.24, 2.45) is 0 Å². The van der Waals surface area contributed by atoms with Crippen LogP contribution in [0.1, 0.15) is 36.9 Å². The number of ether oxygens (including phenoxy) is 2. The van der Waals surface area contributed by atoms with Crippen molar-refractivity contribution in [1.29, 1.82) is 0 Å². The molecule has 178 valence electrons. The fraction of sp³-hybridized carbons (Fsp3) is 0.379. The third kappa shape index (κ3) is 4.77. The number of hydrogen-bond donors (Lipinski definition) is 2. The number of aromatic nitrogens is 1. The van der Waals surface area contributed by atoms with Gasteiger partial charge in [-0.2, -0.15) is 0 Å². The summed E-state index contributed by atoms with van der Waals surface area (Å²) in [5, 5.41) is 14.3. The van der Waals surface area contributed by atoms with Gasteiger partial charge in [0.2, 0.25) is 0 Å². The van der Waals surface area contributed by atoms with Crippen LogP contribution in [0, 0.1) is 6.92 Å². The maximum Gasteiger partial charge on any atom is 0.128 e. The summed E-state index contributed by atoms with van der Waals surface area (Å²) in [5.74, 6) is 2.26. The summed E-state index contributed by atoms with van der Waals surface area (Å²) in [6.45, 7) is 6.22. The van der Waals surface area contributed by atoms with Crippen LogP contribution >= 0.6 is 0 Å². The van der Waals surface area contributed by atoms with E-state index in [0.29, 0.717) is 25.1 Å². The molecule has 5 rings (SSSR count). The van der Waals surface area contributed by atoms with Crippen LogP contribution in [0.15, 0.2) is 60.7 Å². The van der Waals surface area contributed by atoms with Crippen molar-refractivity contribution in [1.82, 2.24) is 9.88 Å². The van der Waals surface area contributed by atoms with E-state index in [9.17, 15) is 5.11 Å². The van der Waals surface area contributed by atoms with Gasteiger partial charge in [0.15, 0.2) is 0 Å². The Balaban J connectivity index is 1.17. The summed E-state index contributed by atoms with van der Waals surface area (Å²) in [6, 6.07) is 21.6. The molecule has 1 saturated heterocycles. The number of β-amino-alcohol motifs (C(OH)–C–C–N with tert-alkyl or cyclic N) is 1. The monoisotopic (exact) mass is 458 g/mol. The molecule has 4 aromatic rings. The van der Waals surface area contributed by atoms with E-state index in [1.54, 1.807) is 7.11 Å². The van der Waals surface area contributed by atoms with Crippen molar-refractivity contribution in [2.75, 3.05) is 26.8 Å². The van der Waals surface area contributed by atoms with Crippen LogP contribution in [0.25, 0.3) is 21.7 Å². The van der Waals surface area contributed by atoms with Crippen LogP contribution in [0.5, 0.6) is 11.5 Å². The smallest absolute Gasteiger partial charge is 0.128 e. The van der Waals surface area contributed by atoms with Crippen LogP contribution in [-0.4, -0.2) is 53.9 Å². The molecule has 0 radical (unpaired) electrons. The van der Waals surface area contributed by atoms with Crippen molar-refractivity contribution in [3.63, 3.8) is 0 Å². The van der Waals surface area contributed by atoms with Crippen molar-refractivity contribution in [3.8, 4) is 11.5 Å². The first kappa shape index (κ1) is 22.8. The first-order valence-corrected chi connectivity index (χ1v) is 12.2. The maximum atomic E-state index is 10.7. The van der Waals surface area contributed by atoms with Gasteiger partial charge >= 0.3 is 0 Å². The SMILES string of the molecule is COc1ccc2cc([C@H]3CCN(C[C@H](O)COc4cccc5[nH]c(C)cc45)[C@H](C)C3)ccc2c1. The van der Waals surface area contributed by atoms with Gasteiger partial charge in [0.25, 0.3) is 0 Å². The summed E-state index contributed by atoms with van der Waals surface area (Å²) in [6.07, 6.45) is 1.67. The Bertz CT molecular complexity index is 1280. The Hall–Kier alpha value is -3.02. The molecule has 3 atom stereocenters. The van der Waals surface area contributed by atoms with E-state index in [0.717, 1.165) is 47.5 Å². The molecule has 5 heteroatoms. The molecule has 1 aromatic heterocycles. The predicted molar refractivity (Wildman–Crippen MR) is 138 cm³/mol. The lowest BCUT2D eigenvalue weighted by molar-refractivity contribution is 0.0406. The maximum absolute atomic E-state index is 10.7. The van der Waals surface area contributed by atoms with E-state index in [4.69, 9.17) is 9.47 Å². The average Bonchev–Trinajstić information content (AvgIpc) is 3.24. The largest absolute Gasteiger partial charge is 0.497 e. The van der Waals surface area contributed by atoms with E-state index in [1.807, 2.05) is 31.2 Å². The van der Waals surface area contributed by atoms with Gasteiger partial charge < -0.3 is 19.6 Å². The van der Waals surface area contributed by atoms with E-state index in [1.165, 1.54) is 16.3 Å². The van der Waals surface area contributed by atoms with E-state index in [2.05, 4.69) is 53.2 Å². The fourth-order valence-electron chi connectivity index (χ4n) is 5.32. The Morgan fingerprint density at radius 3 is 2.74 bits per heavy atom. The third-order valence-electron chi connectivity index (χ3n) is 7.19. The van der Waals surface area contributed by atoms with Crippen molar-refractivity contribution >= 4 is 21.7 Å². The zero-order valence-corrected chi connectivity index (χ0v) is 20.3. The minimum absolute atomic E-state index is 0.296. The number of fused-ring (bicyclic) bond motifs is 2. The first-order chi connectivity index (χ1) is 16.5. The normalized spacial score (nSPS) is 20.0. The summed E-state index contributed by atoms with van der Waals surface area (Å²) in [4.78, 5) is 5.73. The number of aliphatic hydroxyl groups is 1. The molecule has 1 aliphatic heterocycles. The molecule has 2 N–H and O–H groups in total. The van der Waals surface area contributed by atoms with Gasteiger partial charge in [-0.1, -0.05) is 30.3 Å². The first-order valence-electron chi connectivity index (χ1n) is 12.2. The van der Waals surface area contributed by atoms with Crippen molar-refractivity contribution in [2.45, 2.75) is 44.8 Å². The van der Waals surface area contributed by atoms with Crippen LogP contribution in [0.3, 0.4) is 0 Å². The quantitative estimate of drug-likeness (QED) is 0.376. The highest BCUT2D eigenvalue weighted by molar-refractivity contribution is 5.86. The van der Waals surface area contributed by atoms with Gasteiger partial charge in [0, 0.05) is 29.2 Å². The number of rotatable bonds is 7. The highest BCUT2D eigenvalue weighted by Gasteiger charge is 2.28. The summed E-state index contributed by atoms with van der Waals surface area (Å²) in [5.41, 5.74) is 3.57. The number of aliphatic hydroxyl groups excluding tert-OH is 1. The van der Waals surface area contributed by atoms with Gasteiger partial charge in [0.05, 0.1) is 7.11 Å². The Morgan fingerprint density at radius 2 is 1.91 bits per heavy atom. The van der Waals surface area contributed by atoms with E-state index < -0.39 is 6.10 Å². The van der Waals surface area contributed by atoms with Crippen LogP contribution in [-0.2, 0) is 0 Å². The number of H-pyrrole nitrogens is 1. The molecule has 3 aromatic carbocycles. The molecule has 1 fully saturated rings. The molecule has 0 saturated carbocycles. The number of hydrogen-bond acceptors (Lipinski definition) is 4. The Kier molecular flexibility index (Phi) is 6.48. The topological polar surface area (TPSA) is 57.7 Å². The number of aromatic amines is 1. The molecule has 34 heavy (non-hydrogen) atoms. The zero-order chi connectivity index (χ0) is 23.7. The predicted octanol–water partition coefficient (Wildman–Crippen LogP) is 5.65. The molecule has 0 spiro atoms. The van der Waals surface area contributed by atoms with Gasteiger partial charge in [0.1, 0.15) is 24.2 Å². The van der Waals surface area contributed by atoms with Gasteiger partial charge in [-0.05, 0) is 85.8 Å². The third-order valence-corrected chi connectivity index (χ3v) is 7.19. The number of nitrogens with one attached hydrogen (secondary N) is 1. The Labute approximate surface area is 201 Å². The standard InChI is InChI=1S/C29H34N2O3/c1-19-13-27-28(30-19)5-4-6-29(27)34-18-25(32)17-31-12-11-24(14-20(31)2)21-7-8-23-16-26(33-3)10-9-22(23)15-21/h4-10,13,15-16,20,24-25,30,32H,11-12,14,17-18H2,1-3H3/t20-,24+,25+/m1/s1. The average molecular weight is 459 g/mol. The molecule has 0 aliphatic carbocycles. The number of benzene rings is 3. The number of aryl methyl sites for hydroxylation is 1. The van der Waals surface area contributed by atoms with Gasteiger partial charge in [-0.25, -0.2) is 0 Å². The lowest BCUT2D eigenvalue weighted by Crippen LogP contribution is -2.45. The molecular weight excluding hydrogens is 424 g/mol. The molecule has 0 unspecified atom stereocenters. The molecule has 2 heterocycles. The molecule has 1 aliphatic rings. The number of methoxy groups -OCH3 is 1. The zero-order valence-electron chi connectivity index (χ0n) is 20.3. The fourth-order valence-corrected chi connectivity index (χ4v) is 5.32. The van der Waals surface area contributed by atoms with E-state index in [-0.39, 0.29) is 0 Å². The second-order valence-electron chi connectivity index (χ2n) is 9.67. The highest BCUT2D eigenvalue weighted by atomic mass is 16.5. The summed E-state index contributed by atoms with van der Waals surface area (Å²) >= 11 is 0. The van der Waals surface area contributed by atoms with Gasteiger partial charge in [-0.15, -0.1) is 0 Å². The minimum Gasteiger partial charge on any atom is -0.497 e.